The van der Waals surface area contributed by atoms with Crippen molar-refractivity contribution in [2.45, 2.75) is 25.4 Å². The van der Waals surface area contributed by atoms with Crippen LogP contribution in [0.2, 0.25) is 0 Å². The van der Waals surface area contributed by atoms with Crippen molar-refractivity contribution in [3.05, 3.63) is 71.3 Å². The molecule has 1 N–H and O–H groups in total. The zero-order valence-electron chi connectivity index (χ0n) is 10.9. The van der Waals surface area contributed by atoms with Gasteiger partial charge in [0.05, 0.1) is 0 Å². The van der Waals surface area contributed by atoms with E-state index in [2.05, 4.69) is 48.3 Å². The van der Waals surface area contributed by atoms with Crippen molar-refractivity contribution >= 4 is 0 Å². The average molecular weight is 247 g/mol. The third-order valence-electron chi connectivity index (χ3n) is 4.32. The van der Waals surface area contributed by atoms with Crippen LogP contribution in [0.25, 0.3) is 11.1 Å². The fourth-order valence-electron chi connectivity index (χ4n) is 3.53. The van der Waals surface area contributed by atoms with Crippen LogP contribution in [-0.4, -0.2) is 0 Å². The maximum atomic E-state index is 3.86. The minimum Gasteiger partial charge on any atom is -0.306 e. The van der Waals surface area contributed by atoms with Crippen LogP contribution in [0.1, 0.15) is 28.3 Å². The number of rotatable bonds is 2. The molecule has 4 rings (SSSR count). The molecular formula is C18H17N. The molecule has 0 saturated carbocycles. The van der Waals surface area contributed by atoms with Crippen LogP contribution in [0.3, 0.4) is 0 Å². The molecule has 2 aromatic rings. The van der Waals surface area contributed by atoms with Crippen LogP contribution in [0.4, 0.5) is 0 Å². The van der Waals surface area contributed by atoms with Crippen molar-refractivity contribution < 1.29 is 0 Å². The molecule has 1 heterocycles. The summed E-state index contributed by atoms with van der Waals surface area (Å²) in [6, 6.07) is 14.0. The zero-order valence-corrected chi connectivity index (χ0v) is 10.9. The minimum absolute atomic E-state index is 0.512. The van der Waals surface area contributed by atoms with Crippen molar-refractivity contribution in [1.82, 2.24) is 5.32 Å². The van der Waals surface area contributed by atoms with Crippen LogP contribution in [0.15, 0.2) is 49.1 Å². The summed E-state index contributed by atoms with van der Waals surface area (Å²) in [4.78, 5) is 0. The van der Waals surface area contributed by atoms with E-state index < -0.39 is 0 Å². The van der Waals surface area contributed by atoms with E-state index in [0.717, 1.165) is 19.4 Å². The number of hydrogen-bond acceptors (Lipinski definition) is 1. The second kappa shape index (κ2) is 4.07. The number of fused-ring (bicyclic) bond motifs is 2. The van der Waals surface area contributed by atoms with Crippen LogP contribution >= 0.6 is 0 Å². The fraction of sp³-hybridized carbons (Fsp3) is 0.222. The van der Waals surface area contributed by atoms with E-state index in [-0.39, 0.29) is 0 Å². The van der Waals surface area contributed by atoms with Gasteiger partial charge < -0.3 is 5.32 Å². The molecule has 0 radical (unpaired) electrons. The van der Waals surface area contributed by atoms with E-state index in [9.17, 15) is 0 Å². The second-order valence-electron chi connectivity index (χ2n) is 5.50. The highest BCUT2D eigenvalue weighted by Gasteiger charge is 2.30. The smallest absolute Gasteiger partial charge is 0.0373 e. The molecule has 2 aromatic carbocycles. The quantitative estimate of drug-likeness (QED) is 0.796. The van der Waals surface area contributed by atoms with Crippen molar-refractivity contribution in [3.8, 4) is 11.1 Å². The third kappa shape index (κ3) is 1.58. The first kappa shape index (κ1) is 11.0. The highest BCUT2D eigenvalue weighted by Crippen LogP contribution is 2.43. The van der Waals surface area contributed by atoms with E-state index in [1.807, 2.05) is 6.08 Å². The Hall–Kier alpha value is -1.86. The Bertz CT molecular complexity index is 669. The van der Waals surface area contributed by atoms with Gasteiger partial charge >= 0.3 is 0 Å². The summed E-state index contributed by atoms with van der Waals surface area (Å²) in [6.07, 6.45) is 4.06. The lowest BCUT2D eigenvalue weighted by Gasteiger charge is -2.25. The lowest BCUT2D eigenvalue weighted by Crippen LogP contribution is -2.18. The van der Waals surface area contributed by atoms with E-state index in [4.69, 9.17) is 0 Å². The Balaban J connectivity index is 1.99. The molecule has 0 amide bonds. The van der Waals surface area contributed by atoms with Gasteiger partial charge in [0.15, 0.2) is 0 Å². The molecule has 0 saturated heterocycles. The first-order valence-electron chi connectivity index (χ1n) is 6.95. The monoisotopic (exact) mass is 247 g/mol. The fourth-order valence-corrected chi connectivity index (χ4v) is 3.53. The topological polar surface area (TPSA) is 12.0 Å². The molecule has 19 heavy (non-hydrogen) atoms. The normalized spacial score (nSPS) is 18.8. The van der Waals surface area contributed by atoms with E-state index in [1.54, 1.807) is 0 Å². The first-order chi connectivity index (χ1) is 9.36. The summed E-state index contributed by atoms with van der Waals surface area (Å²) in [5, 5.41) is 3.65. The molecule has 1 aliphatic heterocycles. The van der Waals surface area contributed by atoms with Crippen LogP contribution in [0.5, 0.6) is 0 Å². The Morgan fingerprint density at radius 2 is 2.05 bits per heavy atom. The molecule has 2 aliphatic rings. The maximum absolute atomic E-state index is 3.86. The maximum Gasteiger partial charge on any atom is 0.0373 e. The van der Waals surface area contributed by atoms with E-state index in [1.165, 1.54) is 33.4 Å². The standard InChI is InChI=1S/C18H17N/c1-2-5-12-8-14-11-19-17-10-13-6-3-4-7-15(13)16(9-12)18(14)17/h2-4,6-9,17,19H,1,5,10-11H2. The van der Waals surface area contributed by atoms with Gasteiger partial charge in [-0.15, -0.1) is 6.58 Å². The number of benzene rings is 2. The van der Waals surface area contributed by atoms with E-state index >= 15 is 0 Å². The summed E-state index contributed by atoms with van der Waals surface area (Å²) in [5.41, 5.74) is 8.72. The molecule has 1 heteroatoms. The second-order valence-corrected chi connectivity index (χ2v) is 5.50. The number of hydrogen-bond donors (Lipinski definition) is 1. The van der Waals surface area contributed by atoms with Gasteiger partial charge in [-0.1, -0.05) is 42.5 Å². The Morgan fingerprint density at radius 1 is 1.16 bits per heavy atom. The summed E-state index contributed by atoms with van der Waals surface area (Å²) in [7, 11) is 0. The Labute approximate surface area is 114 Å². The zero-order chi connectivity index (χ0) is 12.8. The first-order valence-corrected chi connectivity index (χ1v) is 6.95. The predicted molar refractivity (Wildman–Crippen MR) is 79.1 cm³/mol. The van der Waals surface area contributed by atoms with Gasteiger partial charge in [0.1, 0.15) is 0 Å². The van der Waals surface area contributed by atoms with Gasteiger partial charge in [0.2, 0.25) is 0 Å². The summed E-state index contributed by atoms with van der Waals surface area (Å²) in [6.45, 7) is 4.87. The molecule has 1 nitrogen and oxygen atoms in total. The van der Waals surface area contributed by atoms with Crippen LogP contribution in [0, 0.1) is 0 Å². The highest BCUT2D eigenvalue weighted by molar-refractivity contribution is 5.76. The number of nitrogens with one attached hydrogen (secondary N) is 1. The molecule has 1 unspecified atom stereocenters. The molecule has 0 aromatic heterocycles. The summed E-state index contributed by atoms with van der Waals surface area (Å²) in [5.74, 6) is 0. The van der Waals surface area contributed by atoms with Crippen molar-refractivity contribution in [2.24, 2.45) is 0 Å². The predicted octanol–water partition coefficient (Wildman–Crippen LogP) is 3.78. The van der Waals surface area contributed by atoms with Gasteiger partial charge in [0.25, 0.3) is 0 Å². The van der Waals surface area contributed by atoms with E-state index in [0.29, 0.717) is 6.04 Å². The molecule has 0 bridgehead atoms. The Kier molecular flexibility index (Phi) is 2.36. The van der Waals surface area contributed by atoms with Crippen molar-refractivity contribution in [1.29, 1.82) is 0 Å². The van der Waals surface area contributed by atoms with Gasteiger partial charge in [-0.05, 0) is 46.2 Å². The molecule has 94 valence electrons. The lowest BCUT2D eigenvalue weighted by atomic mass is 9.81. The SMILES string of the molecule is C=CCc1cc2c3c(c1)-c1ccccc1CC3NC2. The molecule has 0 fully saturated rings. The van der Waals surface area contributed by atoms with Crippen molar-refractivity contribution in [2.75, 3.05) is 0 Å². The van der Waals surface area contributed by atoms with Crippen molar-refractivity contribution in [3.63, 3.8) is 0 Å². The minimum atomic E-state index is 0.512. The highest BCUT2D eigenvalue weighted by atomic mass is 14.9. The summed E-state index contributed by atoms with van der Waals surface area (Å²) < 4.78 is 0. The molecule has 0 spiro atoms. The Morgan fingerprint density at radius 3 is 2.95 bits per heavy atom. The summed E-state index contributed by atoms with van der Waals surface area (Å²) >= 11 is 0. The molecule has 1 aliphatic carbocycles. The van der Waals surface area contributed by atoms with Crippen LogP contribution in [-0.2, 0) is 19.4 Å². The molecule has 1 atom stereocenters. The van der Waals surface area contributed by atoms with Gasteiger partial charge in [-0.2, -0.15) is 0 Å². The van der Waals surface area contributed by atoms with Gasteiger partial charge in [0, 0.05) is 12.6 Å². The average Bonchev–Trinajstić information content (AvgIpc) is 2.83. The number of allylic oxidation sites excluding steroid dienone is 1. The lowest BCUT2D eigenvalue weighted by molar-refractivity contribution is 0.577. The van der Waals surface area contributed by atoms with Gasteiger partial charge in [-0.3, -0.25) is 0 Å². The third-order valence-corrected chi connectivity index (χ3v) is 4.32. The largest absolute Gasteiger partial charge is 0.306 e. The van der Waals surface area contributed by atoms with Crippen LogP contribution < -0.4 is 5.32 Å². The molecular weight excluding hydrogens is 230 g/mol. The van der Waals surface area contributed by atoms with Gasteiger partial charge in [-0.25, -0.2) is 0 Å².